The number of hydrogen-bond acceptors (Lipinski definition) is 4. The molecule has 2 N–H and O–H groups in total. The summed E-state index contributed by atoms with van der Waals surface area (Å²) in [5.41, 5.74) is 0.546. The second kappa shape index (κ2) is 4.62. The highest BCUT2D eigenvalue weighted by Crippen LogP contribution is 2.38. The molecule has 116 valence electrons. The molecule has 1 fully saturated rings. The Kier molecular flexibility index (Phi) is 3.12. The van der Waals surface area contributed by atoms with Gasteiger partial charge in [-0.15, -0.1) is 0 Å². The molecule has 1 saturated heterocycles. The van der Waals surface area contributed by atoms with Crippen molar-refractivity contribution in [2.45, 2.75) is 44.8 Å². The number of hydrogen-bond donors (Lipinski definition) is 2. The van der Waals surface area contributed by atoms with Gasteiger partial charge in [0.25, 0.3) is 5.56 Å². The predicted octanol–water partition coefficient (Wildman–Crippen LogP) is 1.11. The monoisotopic (exact) mass is 295 g/mol. The lowest BCUT2D eigenvalue weighted by Crippen LogP contribution is -2.42. The molecule has 1 amide bonds. The van der Waals surface area contributed by atoms with Crippen LogP contribution in [0.15, 0.2) is 4.79 Å². The van der Waals surface area contributed by atoms with E-state index in [1.807, 2.05) is 20.8 Å². The van der Waals surface area contributed by atoms with Crippen LogP contribution in [0.4, 0.5) is 4.79 Å². The predicted molar refractivity (Wildman–Crippen MR) is 75.2 cm³/mol. The molecule has 1 aromatic heterocycles. The van der Waals surface area contributed by atoms with Crippen LogP contribution in [0, 0.1) is 0 Å². The molecule has 0 radical (unpaired) electrons. The first kappa shape index (κ1) is 14.2. The molecule has 21 heavy (non-hydrogen) atoms. The van der Waals surface area contributed by atoms with Crippen molar-refractivity contribution in [3.63, 3.8) is 0 Å². The molecule has 1 aromatic rings. The van der Waals surface area contributed by atoms with Crippen LogP contribution < -0.4 is 5.56 Å². The summed E-state index contributed by atoms with van der Waals surface area (Å²) in [5, 5.41) is 5.59. The number of carbonyl (C=O) groups excluding carboxylic acids is 1. The Hall–Kier alpha value is -1.76. The summed E-state index contributed by atoms with van der Waals surface area (Å²) >= 11 is 0. The van der Waals surface area contributed by atoms with E-state index in [1.165, 1.54) is 0 Å². The topological polar surface area (TPSA) is 87.4 Å². The van der Waals surface area contributed by atoms with Gasteiger partial charge in [-0.25, -0.2) is 4.79 Å². The largest absolute Gasteiger partial charge is 0.444 e. The summed E-state index contributed by atoms with van der Waals surface area (Å²) in [6, 6.07) is 0. The van der Waals surface area contributed by atoms with Crippen LogP contribution in [0.2, 0.25) is 0 Å². The van der Waals surface area contributed by atoms with Gasteiger partial charge < -0.3 is 19.5 Å². The number of nitrogens with zero attached hydrogens (tertiary/aromatic N) is 1. The van der Waals surface area contributed by atoms with Gasteiger partial charge >= 0.3 is 6.09 Å². The molecular weight excluding hydrogens is 274 g/mol. The summed E-state index contributed by atoms with van der Waals surface area (Å²) in [6.45, 7) is 7.48. The Bertz CT molecular complexity index is 612. The minimum atomic E-state index is -0.510. The standard InChI is InChI=1S/C14H21N3O4/c1-13(2,3)21-12(19)17-5-4-14(7-17)8-20-6-9-10(14)15-16-11(9)18/h4-8H2,1-3H3,(H2,15,16,18). The van der Waals surface area contributed by atoms with Gasteiger partial charge in [0.15, 0.2) is 0 Å². The van der Waals surface area contributed by atoms with Crippen molar-refractivity contribution in [3.8, 4) is 0 Å². The van der Waals surface area contributed by atoms with Gasteiger partial charge in [-0.2, -0.15) is 0 Å². The third-order valence-corrected chi connectivity index (χ3v) is 4.04. The maximum absolute atomic E-state index is 12.2. The van der Waals surface area contributed by atoms with Crippen molar-refractivity contribution >= 4 is 6.09 Å². The van der Waals surface area contributed by atoms with E-state index in [0.717, 1.165) is 12.1 Å². The number of rotatable bonds is 0. The number of aromatic amines is 2. The van der Waals surface area contributed by atoms with Crippen LogP contribution in [0.5, 0.6) is 0 Å². The molecule has 0 aliphatic carbocycles. The van der Waals surface area contributed by atoms with Crippen LogP contribution >= 0.6 is 0 Å². The number of nitrogens with one attached hydrogen (secondary N) is 2. The Labute approximate surface area is 122 Å². The first-order chi connectivity index (χ1) is 9.81. The van der Waals surface area contributed by atoms with E-state index in [2.05, 4.69) is 10.2 Å². The van der Waals surface area contributed by atoms with Gasteiger partial charge in [0, 0.05) is 13.1 Å². The molecule has 0 saturated carbocycles. The van der Waals surface area contributed by atoms with Crippen molar-refractivity contribution in [1.82, 2.24) is 15.1 Å². The number of likely N-dealkylation sites (tertiary alicyclic amines) is 1. The van der Waals surface area contributed by atoms with E-state index in [0.29, 0.717) is 31.9 Å². The zero-order valence-electron chi connectivity index (χ0n) is 12.6. The van der Waals surface area contributed by atoms with Crippen LogP contribution in [-0.2, 0) is 21.5 Å². The molecule has 0 bridgehead atoms. The summed E-state index contributed by atoms with van der Waals surface area (Å²) in [7, 11) is 0. The summed E-state index contributed by atoms with van der Waals surface area (Å²) in [5.74, 6) is 0. The van der Waals surface area contributed by atoms with Crippen molar-refractivity contribution in [3.05, 3.63) is 21.6 Å². The maximum atomic E-state index is 12.2. The highest BCUT2D eigenvalue weighted by atomic mass is 16.6. The van der Waals surface area contributed by atoms with Crippen LogP contribution in [0.1, 0.15) is 38.4 Å². The highest BCUT2D eigenvalue weighted by Gasteiger charge is 2.47. The van der Waals surface area contributed by atoms with E-state index >= 15 is 0 Å². The number of fused-ring (bicyclic) bond motifs is 2. The van der Waals surface area contributed by atoms with Gasteiger partial charge in [-0.3, -0.25) is 9.89 Å². The van der Waals surface area contributed by atoms with Crippen molar-refractivity contribution in [2.75, 3.05) is 19.7 Å². The van der Waals surface area contributed by atoms with Gasteiger partial charge in [0.2, 0.25) is 0 Å². The van der Waals surface area contributed by atoms with Crippen molar-refractivity contribution in [1.29, 1.82) is 0 Å². The van der Waals surface area contributed by atoms with E-state index in [-0.39, 0.29) is 17.1 Å². The molecule has 7 heteroatoms. The average molecular weight is 295 g/mol. The summed E-state index contributed by atoms with van der Waals surface area (Å²) in [6.07, 6.45) is 0.442. The number of ether oxygens (including phenoxy) is 2. The lowest BCUT2D eigenvalue weighted by atomic mass is 9.81. The van der Waals surface area contributed by atoms with E-state index in [4.69, 9.17) is 9.47 Å². The van der Waals surface area contributed by atoms with Crippen LogP contribution in [-0.4, -0.2) is 46.5 Å². The van der Waals surface area contributed by atoms with Gasteiger partial charge in [-0.1, -0.05) is 0 Å². The van der Waals surface area contributed by atoms with Gasteiger partial charge in [-0.05, 0) is 27.2 Å². The zero-order chi connectivity index (χ0) is 15.3. The zero-order valence-corrected chi connectivity index (χ0v) is 12.6. The smallest absolute Gasteiger partial charge is 0.410 e. The first-order valence-corrected chi connectivity index (χ1v) is 7.16. The Morgan fingerprint density at radius 3 is 2.86 bits per heavy atom. The highest BCUT2D eigenvalue weighted by molar-refractivity contribution is 5.69. The third kappa shape index (κ3) is 2.46. The minimum Gasteiger partial charge on any atom is -0.444 e. The first-order valence-electron chi connectivity index (χ1n) is 7.16. The van der Waals surface area contributed by atoms with Crippen molar-refractivity contribution in [2.24, 2.45) is 0 Å². The lowest BCUT2D eigenvalue weighted by molar-refractivity contribution is 0.0227. The fourth-order valence-corrected chi connectivity index (χ4v) is 3.07. The quantitative estimate of drug-likeness (QED) is 0.750. The molecule has 2 aliphatic heterocycles. The number of aromatic nitrogens is 2. The number of H-pyrrole nitrogens is 2. The lowest BCUT2D eigenvalue weighted by Gasteiger charge is -2.32. The summed E-state index contributed by atoms with van der Waals surface area (Å²) < 4.78 is 11.0. The molecule has 3 rings (SSSR count). The normalized spacial score (nSPS) is 25.2. The van der Waals surface area contributed by atoms with Gasteiger partial charge in [0.1, 0.15) is 5.60 Å². The molecule has 2 aliphatic rings. The van der Waals surface area contributed by atoms with E-state index in [9.17, 15) is 9.59 Å². The average Bonchev–Trinajstić information content (AvgIpc) is 2.95. The van der Waals surface area contributed by atoms with Crippen LogP contribution in [0.3, 0.4) is 0 Å². The summed E-state index contributed by atoms with van der Waals surface area (Å²) in [4.78, 5) is 25.6. The fraction of sp³-hybridized carbons (Fsp3) is 0.714. The second-order valence-corrected chi connectivity index (χ2v) is 6.86. The second-order valence-electron chi connectivity index (χ2n) is 6.86. The molecular formula is C14H21N3O4. The number of amides is 1. The minimum absolute atomic E-state index is 0.139. The maximum Gasteiger partial charge on any atom is 0.410 e. The molecule has 7 nitrogen and oxygen atoms in total. The van der Waals surface area contributed by atoms with Crippen molar-refractivity contribution < 1.29 is 14.3 Å². The molecule has 1 unspecified atom stereocenters. The van der Waals surface area contributed by atoms with E-state index in [1.54, 1.807) is 4.90 Å². The fourth-order valence-electron chi connectivity index (χ4n) is 3.07. The third-order valence-electron chi connectivity index (χ3n) is 4.04. The Balaban J connectivity index is 1.81. The molecule has 1 spiro atoms. The SMILES string of the molecule is CC(C)(C)OC(=O)N1CCC2(COCc3c2[nH][nH]c3=O)C1. The molecule has 0 aromatic carbocycles. The molecule has 1 atom stereocenters. The number of carbonyl (C=O) groups is 1. The van der Waals surface area contributed by atoms with Crippen LogP contribution in [0.25, 0.3) is 0 Å². The Morgan fingerprint density at radius 1 is 1.38 bits per heavy atom. The Morgan fingerprint density at radius 2 is 2.14 bits per heavy atom. The van der Waals surface area contributed by atoms with E-state index < -0.39 is 5.60 Å². The molecule has 3 heterocycles. The van der Waals surface area contributed by atoms with Gasteiger partial charge in [0.05, 0.1) is 29.9 Å².